The number of ether oxygens (including phenoxy) is 2. The fraction of sp³-hybridized carbons (Fsp3) is 0.160. The lowest BCUT2D eigenvalue weighted by molar-refractivity contribution is 0.414. The van der Waals surface area contributed by atoms with Gasteiger partial charge in [-0.25, -0.2) is 4.39 Å². The van der Waals surface area contributed by atoms with Crippen LogP contribution in [0.15, 0.2) is 84.0 Å². The molecule has 0 N–H and O–H groups in total. The van der Waals surface area contributed by atoms with E-state index < -0.39 is 0 Å². The summed E-state index contributed by atoms with van der Waals surface area (Å²) in [7, 11) is 3.30. The summed E-state index contributed by atoms with van der Waals surface area (Å²) >= 11 is 0. The largest absolute Gasteiger partial charge is 0.497 e. The summed E-state index contributed by atoms with van der Waals surface area (Å²) < 4.78 is 24.3. The van der Waals surface area contributed by atoms with E-state index in [1.807, 2.05) is 71.8 Å². The molecule has 0 spiro atoms. The first kappa shape index (κ1) is 19.7. The maximum atomic E-state index is 13.9. The fourth-order valence-corrected chi connectivity index (χ4v) is 3.48. The number of hydrazone groups is 1. The predicted molar refractivity (Wildman–Crippen MR) is 119 cm³/mol. The summed E-state index contributed by atoms with van der Waals surface area (Å²) in [6, 6.07) is 22.3. The van der Waals surface area contributed by atoms with Gasteiger partial charge in [-0.15, -0.1) is 0 Å². The molecule has 3 aromatic rings. The van der Waals surface area contributed by atoms with Crippen molar-refractivity contribution in [2.75, 3.05) is 19.2 Å². The number of allylic oxidation sites excluding steroid dienone is 1. The standard InChI is InChI=1S/C25H23FN2O2/c1-29-23-12-7-18(8-13-23)6-11-21-17-25(19-9-14-24(30-2)15-10-19)28(27-21)22-5-3-4-20(26)16-22/h3-16,25H,17H2,1-2H3/b11-6+. The molecule has 0 saturated heterocycles. The third-order valence-electron chi connectivity index (χ3n) is 5.09. The van der Waals surface area contributed by atoms with Crippen molar-refractivity contribution >= 4 is 17.5 Å². The van der Waals surface area contributed by atoms with Gasteiger partial charge in [0.1, 0.15) is 17.3 Å². The molecule has 4 rings (SSSR count). The van der Waals surface area contributed by atoms with Crippen LogP contribution in [0.2, 0.25) is 0 Å². The van der Waals surface area contributed by atoms with Crippen molar-refractivity contribution in [3.05, 3.63) is 95.8 Å². The molecule has 0 saturated carbocycles. The van der Waals surface area contributed by atoms with Crippen LogP contribution >= 0.6 is 0 Å². The smallest absolute Gasteiger partial charge is 0.125 e. The first-order valence-electron chi connectivity index (χ1n) is 9.74. The summed E-state index contributed by atoms with van der Waals surface area (Å²) in [5.41, 5.74) is 3.81. The molecule has 5 heteroatoms. The van der Waals surface area contributed by atoms with Crippen molar-refractivity contribution in [3.8, 4) is 11.5 Å². The minimum Gasteiger partial charge on any atom is -0.497 e. The molecule has 4 nitrogen and oxygen atoms in total. The van der Waals surface area contributed by atoms with Gasteiger partial charge in [-0.1, -0.05) is 36.4 Å². The quantitative estimate of drug-likeness (QED) is 0.518. The SMILES string of the molecule is COc1ccc(/C=C/C2=NN(c3cccc(F)c3)C(c3ccc(OC)cc3)C2)cc1. The summed E-state index contributed by atoms with van der Waals surface area (Å²) in [6.45, 7) is 0. The molecular weight excluding hydrogens is 379 g/mol. The zero-order chi connectivity index (χ0) is 20.9. The molecular formula is C25H23FN2O2. The predicted octanol–water partition coefficient (Wildman–Crippen LogP) is 5.86. The van der Waals surface area contributed by atoms with Crippen LogP contribution in [0.4, 0.5) is 10.1 Å². The Morgan fingerprint density at radius 1 is 0.900 bits per heavy atom. The molecule has 0 bridgehead atoms. The molecule has 0 fully saturated rings. The summed E-state index contributed by atoms with van der Waals surface area (Å²) in [5, 5.41) is 6.68. The lowest BCUT2D eigenvalue weighted by Gasteiger charge is -2.24. The van der Waals surface area contributed by atoms with Crippen LogP contribution in [0.5, 0.6) is 11.5 Å². The number of rotatable bonds is 6. The van der Waals surface area contributed by atoms with E-state index in [9.17, 15) is 4.39 Å². The number of nitrogens with zero attached hydrogens (tertiary/aromatic N) is 2. The molecule has 1 unspecified atom stereocenters. The third kappa shape index (κ3) is 4.35. The first-order chi connectivity index (χ1) is 14.7. The van der Waals surface area contributed by atoms with E-state index in [0.717, 1.165) is 40.4 Å². The Morgan fingerprint density at radius 2 is 1.57 bits per heavy atom. The van der Waals surface area contributed by atoms with Gasteiger partial charge < -0.3 is 9.47 Å². The number of halogens is 1. The maximum Gasteiger partial charge on any atom is 0.125 e. The second-order valence-corrected chi connectivity index (χ2v) is 7.02. The van der Waals surface area contributed by atoms with Gasteiger partial charge in [0, 0.05) is 6.42 Å². The monoisotopic (exact) mass is 402 g/mol. The van der Waals surface area contributed by atoms with E-state index in [1.165, 1.54) is 12.1 Å². The molecule has 3 aromatic carbocycles. The normalized spacial score (nSPS) is 16.0. The molecule has 0 aromatic heterocycles. The van der Waals surface area contributed by atoms with E-state index >= 15 is 0 Å². The minimum atomic E-state index is -0.279. The van der Waals surface area contributed by atoms with Gasteiger partial charge in [0.05, 0.1) is 31.7 Å². The first-order valence-corrected chi connectivity index (χ1v) is 9.74. The Bertz CT molecular complexity index is 1060. The van der Waals surface area contributed by atoms with Crippen LogP contribution < -0.4 is 14.5 Å². The second kappa shape index (κ2) is 8.82. The molecule has 0 radical (unpaired) electrons. The Kier molecular flexibility index (Phi) is 5.80. The van der Waals surface area contributed by atoms with Crippen molar-refractivity contribution in [2.45, 2.75) is 12.5 Å². The second-order valence-electron chi connectivity index (χ2n) is 7.02. The van der Waals surface area contributed by atoms with E-state index in [0.29, 0.717) is 0 Å². The molecule has 152 valence electrons. The highest BCUT2D eigenvalue weighted by molar-refractivity contribution is 6.01. The number of hydrogen-bond donors (Lipinski definition) is 0. The van der Waals surface area contributed by atoms with E-state index in [4.69, 9.17) is 14.6 Å². The average Bonchev–Trinajstić information content (AvgIpc) is 3.22. The highest BCUT2D eigenvalue weighted by atomic mass is 19.1. The Balaban J connectivity index is 1.62. The highest BCUT2D eigenvalue weighted by Crippen LogP contribution is 2.36. The van der Waals surface area contributed by atoms with Crippen molar-refractivity contribution in [1.29, 1.82) is 0 Å². The summed E-state index contributed by atoms with van der Waals surface area (Å²) in [4.78, 5) is 0. The van der Waals surface area contributed by atoms with Gasteiger partial charge in [0.25, 0.3) is 0 Å². The van der Waals surface area contributed by atoms with Crippen LogP contribution in [0.1, 0.15) is 23.6 Å². The summed E-state index contributed by atoms with van der Waals surface area (Å²) in [5.74, 6) is 1.34. The van der Waals surface area contributed by atoms with Gasteiger partial charge in [-0.3, -0.25) is 5.01 Å². The Labute approximate surface area is 175 Å². The van der Waals surface area contributed by atoms with Gasteiger partial charge >= 0.3 is 0 Å². The van der Waals surface area contributed by atoms with Crippen LogP contribution in [0, 0.1) is 5.82 Å². The van der Waals surface area contributed by atoms with Crippen LogP contribution in [0.25, 0.3) is 6.08 Å². The lowest BCUT2D eigenvalue weighted by atomic mass is 10.0. The fourth-order valence-electron chi connectivity index (χ4n) is 3.48. The van der Waals surface area contributed by atoms with Crippen LogP contribution in [0.3, 0.4) is 0 Å². The van der Waals surface area contributed by atoms with Crippen molar-refractivity contribution < 1.29 is 13.9 Å². The van der Waals surface area contributed by atoms with Crippen molar-refractivity contribution in [1.82, 2.24) is 0 Å². The molecule has 1 aliphatic rings. The van der Waals surface area contributed by atoms with Crippen molar-refractivity contribution in [3.63, 3.8) is 0 Å². The molecule has 1 atom stereocenters. The molecule has 30 heavy (non-hydrogen) atoms. The van der Waals surface area contributed by atoms with E-state index in [1.54, 1.807) is 20.3 Å². The Morgan fingerprint density at radius 3 is 2.20 bits per heavy atom. The van der Waals surface area contributed by atoms with E-state index in [2.05, 4.69) is 0 Å². The number of hydrogen-bond acceptors (Lipinski definition) is 4. The van der Waals surface area contributed by atoms with Crippen molar-refractivity contribution in [2.24, 2.45) is 5.10 Å². The molecule has 0 aliphatic carbocycles. The zero-order valence-electron chi connectivity index (χ0n) is 17.0. The lowest BCUT2D eigenvalue weighted by Crippen LogP contribution is -2.18. The minimum absolute atomic E-state index is 0.0202. The van der Waals surface area contributed by atoms with Gasteiger partial charge in [0.15, 0.2) is 0 Å². The number of benzene rings is 3. The average molecular weight is 402 g/mol. The maximum absolute atomic E-state index is 13.9. The number of anilines is 1. The molecule has 1 aliphatic heterocycles. The topological polar surface area (TPSA) is 34.1 Å². The number of methoxy groups -OCH3 is 2. The highest BCUT2D eigenvalue weighted by Gasteiger charge is 2.28. The van der Waals surface area contributed by atoms with Crippen LogP contribution in [-0.2, 0) is 0 Å². The molecule has 0 amide bonds. The van der Waals surface area contributed by atoms with Crippen LogP contribution in [-0.4, -0.2) is 19.9 Å². The van der Waals surface area contributed by atoms with E-state index in [-0.39, 0.29) is 11.9 Å². The molecule has 1 heterocycles. The van der Waals surface area contributed by atoms with Gasteiger partial charge in [-0.05, 0) is 59.7 Å². The summed E-state index contributed by atoms with van der Waals surface area (Å²) in [6.07, 6.45) is 4.76. The van der Waals surface area contributed by atoms with Gasteiger partial charge in [0.2, 0.25) is 0 Å². The Hall–Kier alpha value is -3.60. The van der Waals surface area contributed by atoms with Gasteiger partial charge in [-0.2, -0.15) is 5.10 Å². The third-order valence-corrected chi connectivity index (χ3v) is 5.09. The zero-order valence-corrected chi connectivity index (χ0v) is 17.0.